The highest BCUT2D eigenvalue weighted by Gasteiger charge is 2.33. The van der Waals surface area contributed by atoms with Gasteiger partial charge in [-0.3, -0.25) is 0 Å². The molecule has 1 aliphatic carbocycles. The summed E-state index contributed by atoms with van der Waals surface area (Å²) in [7, 11) is 1.64. The lowest BCUT2D eigenvalue weighted by Crippen LogP contribution is -2.46. The van der Waals surface area contributed by atoms with E-state index in [1.165, 1.54) is 0 Å². The van der Waals surface area contributed by atoms with E-state index >= 15 is 0 Å². The predicted molar refractivity (Wildman–Crippen MR) is 90.5 cm³/mol. The minimum absolute atomic E-state index is 0.0113. The molecule has 0 aliphatic heterocycles. The fourth-order valence-corrected chi connectivity index (χ4v) is 2.65. The van der Waals surface area contributed by atoms with Crippen LogP contribution in [0.3, 0.4) is 0 Å². The maximum atomic E-state index is 12.2. The molecule has 1 atom stereocenters. The van der Waals surface area contributed by atoms with E-state index in [0.29, 0.717) is 18.8 Å². The number of ether oxygens (including phenoxy) is 1. The van der Waals surface area contributed by atoms with E-state index in [-0.39, 0.29) is 18.6 Å². The third-order valence-corrected chi connectivity index (χ3v) is 4.75. The molecule has 1 saturated carbocycles. The molecule has 0 heterocycles. The highest BCUT2D eigenvalue weighted by Crippen LogP contribution is 2.41. The number of methoxy groups -OCH3 is 1. The first-order valence-corrected chi connectivity index (χ1v) is 8.42. The molecule has 0 radical (unpaired) electrons. The van der Waals surface area contributed by atoms with Crippen LogP contribution in [0.15, 0.2) is 24.3 Å². The quantitative estimate of drug-likeness (QED) is 0.689. The van der Waals surface area contributed by atoms with Gasteiger partial charge in [0.25, 0.3) is 0 Å². The third-order valence-electron chi connectivity index (χ3n) is 4.75. The van der Waals surface area contributed by atoms with Gasteiger partial charge in [0.05, 0.1) is 18.8 Å². The molecule has 5 nitrogen and oxygen atoms in total. The van der Waals surface area contributed by atoms with Crippen LogP contribution in [0.4, 0.5) is 4.79 Å². The molecule has 0 aromatic heterocycles. The Hall–Kier alpha value is -1.75. The molecule has 1 aliphatic rings. The van der Waals surface area contributed by atoms with Crippen molar-refractivity contribution in [2.75, 3.05) is 13.7 Å². The highest BCUT2D eigenvalue weighted by atomic mass is 16.5. The maximum Gasteiger partial charge on any atom is 0.315 e. The molecule has 5 heteroatoms. The highest BCUT2D eigenvalue weighted by molar-refractivity contribution is 5.74. The SMILES string of the molecule is CCC(O)(CC)CNC(=O)NC(c1ccc(OC)cc1)C1CC1. The van der Waals surface area contributed by atoms with Crippen molar-refractivity contribution in [1.29, 1.82) is 0 Å². The molecule has 0 bridgehead atoms. The fourth-order valence-electron chi connectivity index (χ4n) is 2.65. The predicted octanol–water partition coefficient (Wildman–Crippen LogP) is 3.00. The number of urea groups is 1. The zero-order valence-corrected chi connectivity index (χ0v) is 14.3. The van der Waals surface area contributed by atoms with Crippen LogP contribution in [0.5, 0.6) is 5.75 Å². The molecule has 2 rings (SSSR count). The number of hydrogen-bond donors (Lipinski definition) is 3. The number of aliphatic hydroxyl groups is 1. The Kier molecular flexibility index (Phi) is 5.88. The fraction of sp³-hybridized carbons (Fsp3) is 0.611. The minimum atomic E-state index is -0.827. The van der Waals surface area contributed by atoms with E-state index in [4.69, 9.17) is 4.74 Å². The molecule has 1 unspecified atom stereocenters. The topological polar surface area (TPSA) is 70.6 Å². The van der Waals surface area contributed by atoms with Crippen LogP contribution in [-0.2, 0) is 0 Å². The van der Waals surface area contributed by atoms with Crippen molar-refractivity contribution in [2.45, 2.75) is 51.2 Å². The standard InChI is InChI=1S/C18H28N2O3/c1-4-18(22,5-2)12-19-17(21)20-16(13-6-7-13)14-8-10-15(23-3)11-9-14/h8-11,13,16,22H,4-7,12H2,1-3H3,(H2,19,20,21). The first-order chi connectivity index (χ1) is 11.0. The van der Waals surface area contributed by atoms with Gasteiger partial charge in [-0.15, -0.1) is 0 Å². The third kappa shape index (κ3) is 4.86. The van der Waals surface area contributed by atoms with E-state index in [0.717, 1.165) is 24.2 Å². The van der Waals surface area contributed by atoms with Gasteiger partial charge in [-0.25, -0.2) is 4.79 Å². The average molecular weight is 320 g/mol. The molecule has 1 fully saturated rings. The molecule has 0 spiro atoms. The second kappa shape index (κ2) is 7.68. The largest absolute Gasteiger partial charge is 0.497 e. The van der Waals surface area contributed by atoms with Gasteiger partial charge >= 0.3 is 6.03 Å². The lowest BCUT2D eigenvalue weighted by atomic mass is 9.98. The second-order valence-corrected chi connectivity index (χ2v) is 6.35. The summed E-state index contributed by atoms with van der Waals surface area (Å²) < 4.78 is 5.18. The number of rotatable bonds is 8. The van der Waals surface area contributed by atoms with Crippen LogP contribution in [0, 0.1) is 5.92 Å². The monoisotopic (exact) mass is 320 g/mol. The Labute approximate surface area is 138 Å². The molecule has 2 amide bonds. The van der Waals surface area contributed by atoms with Crippen molar-refractivity contribution in [3.8, 4) is 5.75 Å². The Morgan fingerprint density at radius 2 is 1.91 bits per heavy atom. The van der Waals surface area contributed by atoms with Gasteiger partial charge < -0.3 is 20.5 Å². The van der Waals surface area contributed by atoms with Crippen LogP contribution in [0.1, 0.15) is 51.1 Å². The molecular formula is C18H28N2O3. The van der Waals surface area contributed by atoms with E-state index in [9.17, 15) is 9.90 Å². The lowest BCUT2D eigenvalue weighted by Gasteiger charge is -2.26. The van der Waals surface area contributed by atoms with Crippen LogP contribution in [0.2, 0.25) is 0 Å². The van der Waals surface area contributed by atoms with Crippen LogP contribution in [-0.4, -0.2) is 30.4 Å². The van der Waals surface area contributed by atoms with Crippen molar-refractivity contribution in [3.63, 3.8) is 0 Å². The van der Waals surface area contributed by atoms with Crippen molar-refractivity contribution < 1.29 is 14.6 Å². The Morgan fingerprint density at radius 3 is 2.39 bits per heavy atom. The van der Waals surface area contributed by atoms with Crippen molar-refractivity contribution in [1.82, 2.24) is 10.6 Å². The average Bonchev–Trinajstić information content (AvgIpc) is 3.42. The van der Waals surface area contributed by atoms with Crippen molar-refractivity contribution in [2.24, 2.45) is 5.92 Å². The Morgan fingerprint density at radius 1 is 1.30 bits per heavy atom. The van der Waals surface area contributed by atoms with Gasteiger partial charge in [-0.1, -0.05) is 26.0 Å². The first kappa shape index (κ1) is 17.6. The van der Waals surface area contributed by atoms with Crippen molar-refractivity contribution in [3.05, 3.63) is 29.8 Å². The summed E-state index contributed by atoms with van der Waals surface area (Å²) in [6, 6.07) is 7.61. The number of nitrogens with one attached hydrogen (secondary N) is 2. The zero-order chi connectivity index (χ0) is 16.9. The molecule has 0 saturated heterocycles. The summed E-state index contributed by atoms with van der Waals surface area (Å²) in [6.07, 6.45) is 3.50. The lowest BCUT2D eigenvalue weighted by molar-refractivity contribution is 0.0348. The number of amides is 2. The normalized spacial score (nSPS) is 15.8. The zero-order valence-electron chi connectivity index (χ0n) is 14.3. The molecule has 128 valence electrons. The Balaban J connectivity index is 1.95. The number of hydrogen-bond acceptors (Lipinski definition) is 3. The number of carbonyl (C=O) groups is 1. The molecular weight excluding hydrogens is 292 g/mol. The molecule has 1 aromatic carbocycles. The van der Waals surface area contributed by atoms with E-state index in [1.54, 1.807) is 7.11 Å². The molecule has 1 aromatic rings. The van der Waals surface area contributed by atoms with Gasteiger partial charge in [-0.05, 0) is 49.3 Å². The van der Waals surface area contributed by atoms with E-state index in [1.807, 2.05) is 38.1 Å². The summed E-state index contributed by atoms with van der Waals surface area (Å²) in [4.78, 5) is 12.2. The van der Waals surface area contributed by atoms with Crippen LogP contribution < -0.4 is 15.4 Å². The Bertz CT molecular complexity index is 508. The van der Waals surface area contributed by atoms with Gasteiger partial charge in [-0.2, -0.15) is 0 Å². The van der Waals surface area contributed by atoms with E-state index in [2.05, 4.69) is 10.6 Å². The van der Waals surface area contributed by atoms with Gasteiger partial charge in [0.15, 0.2) is 0 Å². The van der Waals surface area contributed by atoms with Gasteiger partial charge in [0, 0.05) is 6.54 Å². The summed E-state index contributed by atoms with van der Waals surface area (Å²) in [5, 5.41) is 16.1. The summed E-state index contributed by atoms with van der Waals surface area (Å²) in [5.41, 5.74) is 0.261. The van der Waals surface area contributed by atoms with Crippen molar-refractivity contribution >= 4 is 6.03 Å². The number of benzene rings is 1. The maximum absolute atomic E-state index is 12.2. The van der Waals surface area contributed by atoms with Gasteiger partial charge in [0.2, 0.25) is 0 Å². The second-order valence-electron chi connectivity index (χ2n) is 6.35. The summed E-state index contributed by atoms with van der Waals surface area (Å²) in [6.45, 7) is 4.12. The van der Waals surface area contributed by atoms with E-state index < -0.39 is 5.60 Å². The van der Waals surface area contributed by atoms with Crippen LogP contribution in [0.25, 0.3) is 0 Å². The minimum Gasteiger partial charge on any atom is -0.497 e. The van der Waals surface area contributed by atoms with Gasteiger partial charge in [0.1, 0.15) is 5.75 Å². The smallest absolute Gasteiger partial charge is 0.315 e. The summed E-state index contributed by atoms with van der Waals surface area (Å²) in [5.74, 6) is 1.30. The molecule has 3 N–H and O–H groups in total. The molecule has 23 heavy (non-hydrogen) atoms. The summed E-state index contributed by atoms with van der Waals surface area (Å²) >= 11 is 0. The van der Waals surface area contributed by atoms with Crippen LogP contribution >= 0.6 is 0 Å². The first-order valence-electron chi connectivity index (χ1n) is 8.42. The number of carbonyl (C=O) groups excluding carboxylic acids is 1.